The van der Waals surface area contributed by atoms with Crippen molar-refractivity contribution >= 4 is 20.0 Å². The second-order valence-corrected chi connectivity index (χ2v) is 9.16. The van der Waals surface area contributed by atoms with Gasteiger partial charge in [-0.1, -0.05) is 56.2 Å². The van der Waals surface area contributed by atoms with Crippen LogP contribution in [0.3, 0.4) is 0 Å². The predicted octanol–water partition coefficient (Wildman–Crippen LogP) is 4.67. The number of ether oxygens (including phenoxy) is 1. The normalized spacial score (nSPS) is 22.8. The molecule has 0 radical (unpaired) electrons. The summed E-state index contributed by atoms with van der Waals surface area (Å²) in [7, 11) is -2.89. The summed E-state index contributed by atoms with van der Waals surface area (Å²) in [5.74, 6) is 0. The third-order valence-corrected chi connectivity index (χ3v) is 6.11. The molecule has 0 fully saturated rings. The van der Waals surface area contributed by atoms with Crippen LogP contribution in [0, 0.1) is 0 Å². The third kappa shape index (κ3) is 5.81. The van der Waals surface area contributed by atoms with Gasteiger partial charge in [0.25, 0.3) is 0 Å². The molecule has 1 aromatic rings. The molecule has 2 unspecified atom stereocenters. The Hall–Kier alpha value is -1.01. The van der Waals surface area contributed by atoms with Crippen molar-refractivity contribution in [3.05, 3.63) is 59.0 Å². The Bertz CT molecular complexity index is 678. The molecule has 1 aliphatic carbocycles. The van der Waals surface area contributed by atoms with Crippen LogP contribution in [-0.4, -0.2) is 16.4 Å². The molecule has 2 atom stereocenters. The molecule has 0 aromatic heterocycles. The van der Waals surface area contributed by atoms with Crippen molar-refractivity contribution in [3.63, 3.8) is 0 Å². The minimum absolute atomic E-state index is 0.433. The van der Waals surface area contributed by atoms with Crippen LogP contribution in [0.5, 0.6) is 0 Å². The van der Waals surface area contributed by atoms with E-state index in [2.05, 4.69) is 6.92 Å². The summed E-state index contributed by atoms with van der Waals surface area (Å²) in [6.45, 7) is 5.04. The van der Waals surface area contributed by atoms with Crippen molar-refractivity contribution in [1.82, 2.24) is 0 Å². The Kier molecular flexibility index (Phi) is 7.16. The molecule has 0 saturated carbocycles. The zero-order valence-electron chi connectivity index (χ0n) is 14.4. The van der Waals surface area contributed by atoms with E-state index in [0.717, 1.165) is 31.2 Å². The average molecular weight is 367 g/mol. The van der Waals surface area contributed by atoms with Crippen molar-refractivity contribution < 1.29 is 13.1 Å². The lowest BCUT2D eigenvalue weighted by molar-refractivity contribution is -0.00548. The van der Waals surface area contributed by atoms with Crippen molar-refractivity contribution in [2.75, 3.05) is 6.61 Å². The molecule has 0 aliphatic heterocycles. The molecule has 3 nitrogen and oxygen atoms in total. The first-order valence-electron chi connectivity index (χ1n) is 8.42. The van der Waals surface area contributed by atoms with Crippen LogP contribution < -0.4 is 0 Å². The lowest BCUT2D eigenvalue weighted by Gasteiger charge is -2.29. The fourth-order valence-corrected chi connectivity index (χ4v) is 4.13. The van der Waals surface area contributed by atoms with Gasteiger partial charge in [0.1, 0.15) is 0 Å². The standard InChI is InChI=1S/C19H26O3S2/c1-3-4-8-14-22-24(20,23)18-12-9-13-19(2,15-18)21-16-17-10-6-5-7-11-17/h5-7,9-12,15H,3-4,8,13-14,16H2,1-2H3. The number of unbranched alkanes of at least 4 members (excludes halogenated alkanes) is 2. The molecule has 0 heterocycles. The number of hydrogen-bond acceptors (Lipinski definition) is 4. The van der Waals surface area contributed by atoms with Gasteiger partial charge in [-0.15, -0.1) is 0 Å². The summed E-state index contributed by atoms with van der Waals surface area (Å²) in [5, 5.41) is 0. The fraction of sp³-hybridized carbons (Fsp3) is 0.474. The molecule has 0 spiro atoms. The molecule has 5 heteroatoms. The SMILES string of the molecule is CCCCCOS(=O)(=S)C1=CC(C)(OCc2ccccc2)CC=C1. The lowest BCUT2D eigenvalue weighted by atomic mass is 9.97. The maximum atomic E-state index is 12.7. The first-order chi connectivity index (χ1) is 11.5. The van der Waals surface area contributed by atoms with Crippen molar-refractivity contribution in [3.8, 4) is 0 Å². The average Bonchev–Trinajstić information content (AvgIpc) is 2.58. The highest BCUT2D eigenvalue weighted by Gasteiger charge is 2.27. The molecular weight excluding hydrogens is 340 g/mol. The lowest BCUT2D eigenvalue weighted by Crippen LogP contribution is -2.28. The Labute approximate surface area is 150 Å². The molecule has 0 amide bonds. The van der Waals surface area contributed by atoms with Crippen LogP contribution in [0.2, 0.25) is 0 Å². The smallest absolute Gasteiger partial charge is 0.173 e. The van der Waals surface area contributed by atoms with E-state index in [9.17, 15) is 4.21 Å². The first-order valence-corrected chi connectivity index (χ1v) is 10.8. The molecule has 1 aliphatic rings. The minimum atomic E-state index is -2.89. The van der Waals surface area contributed by atoms with E-state index >= 15 is 0 Å². The predicted molar refractivity (Wildman–Crippen MR) is 102 cm³/mol. The molecule has 24 heavy (non-hydrogen) atoms. The summed E-state index contributed by atoms with van der Waals surface area (Å²) in [4.78, 5) is 0.552. The van der Waals surface area contributed by atoms with E-state index in [4.69, 9.17) is 20.1 Å². The van der Waals surface area contributed by atoms with Crippen molar-refractivity contribution in [2.24, 2.45) is 0 Å². The van der Waals surface area contributed by atoms with E-state index < -0.39 is 14.4 Å². The van der Waals surface area contributed by atoms with Crippen LogP contribution in [0.15, 0.2) is 53.5 Å². The van der Waals surface area contributed by atoms with E-state index in [0.29, 0.717) is 18.1 Å². The van der Waals surface area contributed by atoms with Gasteiger partial charge in [-0.05, 0) is 37.5 Å². The molecule has 0 saturated heterocycles. The summed E-state index contributed by atoms with van der Waals surface area (Å²) in [6.07, 6.45) is 9.39. The number of benzene rings is 1. The Morgan fingerprint density at radius 1 is 1.25 bits per heavy atom. The number of rotatable bonds is 9. The van der Waals surface area contributed by atoms with Crippen molar-refractivity contribution in [2.45, 2.75) is 51.7 Å². The third-order valence-electron chi connectivity index (χ3n) is 3.94. The minimum Gasteiger partial charge on any atom is -0.366 e. The van der Waals surface area contributed by atoms with Gasteiger partial charge in [0.05, 0.1) is 23.7 Å². The van der Waals surface area contributed by atoms with Gasteiger partial charge in [-0.3, -0.25) is 4.18 Å². The van der Waals surface area contributed by atoms with Gasteiger partial charge < -0.3 is 4.74 Å². The summed E-state index contributed by atoms with van der Waals surface area (Å²) in [6, 6.07) is 10.0. The van der Waals surface area contributed by atoms with Crippen LogP contribution >= 0.6 is 0 Å². The summed E-state index contributed by atoms with van der Waals surface area (Å²) >= 11 is 5.22. The second kappa shape index (κ2) is 8.90. The zero-order chi connectivity index (χ0) is 17.5. The molecule has 1 aromatic carbocycles. The molecular formula is C19H26O3S2. The maximum Gasteiger partial charge on any atom is 0.173 e. The van der Waals surface area contributed by atoms with E-state index in [1.807, 2.05) is 55.5 Å². The quantitative estimate of drug-likeness (QED) is 0.595. The van der Waals surface area contributed by atoms with E-state index in [-0.39, 0.29) is 0 Å². The van der Waals surface area contributed by atoms with Gasteiger partial charge in [-0.25, -0.2) is 4.21 Å². The van der Waals surface area contributed by atoms with Gasteiger partial charge >= 0.3 is 0 Å². The molecule has 0 N–H and O–H groups in total. The highest BCUT2D eigenvalue weighted by molar-refractivity contribution is 8.32. The van der Waals surface area contributed by atoms with Crippen LogP contribution in [-0.2, 0) is 35.5 Å². The van der Waals surface area contributed by atoms with Gasteiger partial charge in [-0.2, -0.15) is 0 Å². The van der Waals surface area contributed by atoms with Crippen LogP contribution in [0.25, 0.3) is 0 Å². The van der Waals surface area contributed by atoms with E-state index in [1.165, 1.54) is 0 Å². The molecule has 0 bridgehead atoms. The topological polar surface area (TPSA) is 35.5 Å². The largest absolute Gasteiger partial charge is 0.366 e. The number of hydrogen-bond donors (Lipinski definition) is 0. The van der Waals surface area contributed by atoms with Gasteiger partial charge in [0.2, 0.25) is 0 Å². The Balaban J connectivity index is 2.01. The fourth-order valence-electron chi connectivity index (χ4n) is 2.48. The summed E-state index contributed by atoms with van der Waals surface area (Å²) in [5.41, 5.74) is 0.590. The van der Waals surface area contributed by atoms with E-state index in [1.54, 1.807) is 0 Å². The Morgan fingerprint density at radius 3 is 2.71 bits per heavy atom. The summed E-state index contributed by atoms with van der Waals surface area (Å²) < 4.78 is 24.2. The monoisotopic (exact) mass is 366 g/mol. The zero-order valence-corrected chi connectivity index (χ0v) is 16.0. The molecule has 2 rings (SSSR count). The van der Waals surface area contributed by atoms with Gasteiger partial charge in [0.15, 0.2) is 8.77 Å². The van der Waals surface area contributed by atoms with Crippen LogP contribution in [0.1, 0.15) is 45.1 Å². The number of allylic oxidation sites excluding steroid dienone is 1. The van der Waals surface area contributed by atoms with Crippen LogP contribution in [0.4, 0.5) is 0 Å². The highest BCUT2D eigenvalue weighted by atomic mass is 32.8. The Morgan fingerprint density at radius 2 is 2.00 bits per heavy atom. The maximum absolute atomic E-state index is 12.7. The van der Waals surface area contributed by atoms with Crippen molar-refractivity contribution in [1.29, 1.82) is 0 Å². The second-order valence-electron chi connectivity index (χ2n) is 6.22. The highest BCUT2D eigenvalue weighted by Crippen LogP contribution is 2.29. The van der Waals surface area contributed by atoms with Gasteiger partial charge in [0, 0.05) is 11.2 Å². The first kappa shape index (κ1) is 19.3. The molecule has 132 valence electrons.